The number of hydrogen-bond acceptors (Lipinski definition) is 4. The molecule has 2 fully saturated rings. The molecule has 7 nitrogen and oxygen atoms in total. The summed E-state index contributed by atoms with van der Waals surface area (Å²) >= 11 is 0. The Balaban J connectivity index is 1.50. The zero-order valence-corrected chi connectivity index (χ0v) is 15.5. The third-order valence-corrected chi connectivity index (χ3v) is 7.97. The molecule has 0 radical (unpaired) electrons. The first-order valence-electron chi connectivity index (χ1n) is 9.37. The molecule has 2 saturated carbocycles. The molecule has 3 heterocycles. The van der Waals surface area contributed by atoms with Gasteiger partial charge in [0.05, 0.1) is 17.0 Å². The molecule has 2 N–H and O–H groups in total. The summed E-state index contributed by atoms with van der Waals surface area (Å²) in [5.74, 6) is 0.742. The zero-order chi connectivity index (χ0) is 17.9. The largest absolute Gasteiger partial charge is 0.345 e. The number of imidazole rings is 1. The second kappa shape index (κ2) is 5.79. The first-order chi connectivity index (χ1) is 12.6. The number of hydrogen-bond donors (Lipinski definition) is 2. The third-order valence-electron chi connectivity index (χ3n) is 5.96. The van der Waals surface area contributed by atoms with Gasteiger partial charge >= 0.3 is 0 Å². The number of sulfonamides is 1. The van der Waals surface area contributed by atoms with Crippen LogP contribution in [0.15, 0.2) is 24.7 Å². The minimum Gasteiger partial charge on any atom is -0.345 e. The number of rotatable bonds is 5. The van der Waals surface area contributed by atoms with E-state index in [1.807, 2.05) is 18.5 Å². The van der Waals surface area contributed by atoms with E-state index in [0.29, 0.717) is 11.8 Å². The summed E-state index contributed by atoms with van der Waals surface area (Å²) in [7, 11) is -3.15. The van der Waals surface area contributed by atoms with Crippen molar-refractivity contribution in [2.75, 3.05) is 0 Å². The number of nitrogens with one attached hydrogen (secondary N) is 2. The Morgan fingerprint density at radius 1 is 1.27 bits per heavy atom. The van der Waals surface area contributed by atoms with Gasteiger partial charge in [-0.3, -0.25) is 4.40 Å². The number of fused-ring (bicyclic) bond motifs is 3. The van der Waals surface area contributed by atoms with Crippen molar-refractivity contribution in [1.29, 1.82) is 0 Å². The SMILES string of the molecule is CCC1CC(NS(=O)(=O)C2CC2)CC1c1cnc2cnc3[nH]ccc3n12. The average Bonchev–Trinajstić information content (AvgIpc) is 3.06. The van der Waals surface area contributed by atoms with Crippen molar-refractivity contribution in [2.24, 2.45) is 5.92 Å². The lowest BCUT2D eigenvalue weighted by molar-refractivity contribution is 0.457. The van der Waals surface area contributed by atoms with Crippen molar-refractivity contribution in [3.8, 4) is 0 Å². The Morgan fingerprint density at radius 3 is 2.88 bits per heavy atom. The molecule has 3 unspecified atom stereocenters. The third kappa shape index (κ3) is 2.54. The lowest BCUT2D eigenvalue weighted by Gasteiger charge is -2.17. The molecule has 0 bridgehead atoms. The quantitative estimate of drug-likeness (QED) is 0.719. The van der Waals surface area contributed by atoms with Crippen LogP contribution in [0.5, 0.6) is 0 Å². The molecule has 3 aromatic rings. The summed E-state index contributed by atoms with van der Waals surface area (Å²) in [5.41, 5.74) is 3.86. The molecule has 26 heavy (non-hydrogen) atoms. The number of nitrogens with zero attached hydrogens (tertiary/aromatic N) is 3. The molecule has 0 spiro atoms. The maximum Gasteiger partial charge on any atom is 0.214 e. The minimum atomic E-state index is -3.15. The van der Waals surface area contributed by atoms with E-state index in [1.165, 1.54) is 0 Å². The van der Waals surface area contributed by atoms with Gasteiger partial charge in [0.15, 0.2) is 11.3 Å². The maximum atomic E-state index is 12.3. The van der Waals surface area contributed by atoms with Crippen molar-refractivity contribution in [1.82, 2.24) is 24.1 Å². The maximum absolute atomic E-state index is 12.3. The molecule has 0 aliphatic heterocycles. The van der Waals surface area contributed by atoms with Crippen molar-refractivity contribution >= 4 is 26.8 Å². The van der Waals surface area contributed by atoms with Crippen molar-refractivity contribution < 1.29 is 8.42 Å². The lowest BCUT2D eigenvalue weighted by atomic mass is 9.91. The summed E-state index contributed by atoms with van der Waals surface area (Å²) in [6, 6.07) is 2.04. The highest BCUT2D eigenvalue weighted by molar-refractivity contribution is 7.90. The van der Waals surface area contributed by atoms with E-state index >= 15 is 0 Å². The van der Waals surface area contributed by atoms with Crippen molar-refractivity contribution in [3.63, 3.8) is 0 Å². The number of aromatic amines is 1. The van der Waals surface area contributed by atoms with E-state index in [-0.39, 0.29) is 11.3 Å². The van der Waals surface area contributed by atoms with E-state index in [0.717, 1.165) is 54.6 Å². The van der Waals surface area contributed by atoms with Crippen LogP contribution >= 0.6 is 0 Å². The van der Waals surface area contributed by atoms with Crippen LogP contribution in [0.25, 0.3) is 16.8 Å². The van der Waals surface area contributed by atoms with Crippen LogP contribution in [0.2, 0.25) is 0 Å². The molecule has 138 valence electrons. The Hall–Kier alpha value is -1.93. The standard InChI is InChI=1S/C18H23N5O2S/c1-2-11-7-12(22-26(24,25)13-3-4-13)8-14(11)16-9-20-17-10-21-18-15(23(16)17)5-6-19-18/h5-6,9-14,19,22H,2-4,7-8H2,1H3. The van der Waals surface area contributed by atoms with Gasteiger partial charge in [-0.1, -0.05) is 13.3 Å². The van der Waals surface area contributed by atoms with Gasteiger partial charge < -0.3 is 4.98 Å². The zero-order valence-electron chi connectivity index (χ0n) is 14.7. The summed E-state index contributed by atoms with van der Waals surface area (Å²) in [6.07, 6.45) is 9.96. The molecular weight excluding hydrogens is 350 g/mol. The summed E-state index contributed by atoms with van der Waals surface area (Å²) in [4.78, 5) is 12.1. The summed E-state index contributed by atoms with van der Waals surface area (Å²) in [5, 5.41) is -0.164. The van der Waals surface area contributed by atoms with Crippen LogP contribution in [-0.4, -0.2) is 39.1 Å². The Kier molecular flexibility index (Phi) is 3.62. The molecular formula is C18H23N5O2S. The Bertz CT molecular complexity index is 1070. The van der Waals surface area contributed by atoms with Gasteiger partial charge in [-0.2, -0.15) is 0 Å². The fraction of sp³-hybridized carbons (Fsp3) is 0.556. The highest BCUT2D eigenvalue weighted by Gasteiger charge is 2.41. The van der Waals surface area contributed by atoms with Gasteiger partial charge in [0.2, 0.25) is 10.0 Å². The molecule has 3 atom stereocenters. The Labute approximate surface area is 152 Å². The predicted molar refractivity (Wildman–Crippen MR) is 99.5 cm³/mol. The van der Waals surface area contributed by atoms with E-state index < -0.39 is 10.0 Å². The monoisotopic (exact) mass is 373 g/mol. The van der Waals surface area contributed by atoms with Crippen LogP contribution < -0.4 is 4.72 Å². The summed E-state index contributed by atoms with van der Waals surface area (Å²) < 4.78 is 29.8. The highest BCUT2D eigenvalue weighted by Crippen LogP contribution is 2.43. The van der Waals surface area contributed by atoms with E-state index in [1.54, 1.807) is 6.20 Å². The second-order valence-electron chi connectivity index (χ2n) is 7.65. The van der Waals surface area contributed by atoms with E-state index in [4.69, 9.17) is 0 Å². The van der Waals surface area contributed by atoms with Crippen LogP contribution in [0.1, 0.15) is 50.6 Å². The molecule has 0 saturated heterocycles. The topological polar surface area (TPSA) is 92.2 Å². The predicted octanol–water partition coefficient (Wildman–Crippen LogP) is 2.56. The average molecular weight is 373 g/mol. The summed E-state index contributed by atoms with van der Waals surface area (Å²) in [6.45, 7) is 2.19. The van der Waals surface area contributed by atoms with Gasteiger partial charge in [0, 0.05) is 30.0 Å². The number of H-pyrrole nitrogens is 1. The van der Waals surface area contributed by atoms with E-state index in [9.17, 15) is 8.42 Å². The smallest absolute Gasteiger partial charge is 0.214 e. The first-order valence-corrected chi connectivity index (χ1v) is 10.9. The van der Waals surface area contributed by atoms with Crippen LogP contribution in [0.3, 0.4) is 0 Å². The van der Waals surface area contributed by atoms with E-state index in [2.05, 4.69) is 31.0 Å². The fourth-order valence-corrected chi connectivity index (χ4v) is 6.10. The molecule has 0 aromatic carbocycles. The number of aromatic nitrogens is 4. The Morgan fingerprint density at radius 2 is 2.12 bits per heavy atom. The molecule has 0 amide bonds. The molecule has 2 aliphatic rings. The molecule has 3 aromatic heterocycles. The van der Waals surface area contributed by atoms with Gasteiger partial charge in [-0.25, -0.2) is 23.1 Å². The van der Waals surface area contributed by atoms with Gasteiger partial charge in [0.25, 0.3) is 0 Å². The van der Waals surface area contributed by atoms with Crippen LogP contribution in [-0.2, 0) is 10.0 Å². The first kappa shape index (κ1) is 16.3. The highest BCUT2D eigenvalue weighted by atomic mass is 32.2. The molecule has 5 rings (SSSR count). The van der Waals surface area contributed by atoms with Crippen molar-refractivity contribution in [2.45, 2.75) is 56.2 Å². The fourth-order valence-electron chi connectivity index (χ4n) is 4.50. The van der Waals surface area contributed by atoms with Gasteiger partial charge in [-0.05, 0) is 37.7 Å². The molecule has 2 aliphatic carbocycles. The normalized spacial score (nSPS) is 26.9. The van der Waals surface area contributed by atoms with Gasteiger partial charge in [0.1, 0.15) is 0 Å². The molecule has 8 heteroatoms. The van der Waals surface area contributed by atoms with Crippen LogP contribution in [0, 0.1) is 5.92 Å². The lowest BCUT2D eigenvalue weighted by Crippen LogP contribution is -2.35. The second-order valence-corrected chi connectivity index (χ2v) is 9.64. The van der Waals surface area contributed by atoms with Crippen molar-refractivity contribution in [3.05, 3.63) is 30.4 Å². The minimum absolute atomic E-state index is 0.0182. The van der Waals surface area contributed by atoms with Gasteiger partial charge in [-0.15, -0.1) is 0 Å². The van der Waals surface area contributed by atoms with Crippen LogP contribution in [0.4, 0.5) is 0 Å².